The highest BCUT2D eigenvalue weighted by Crippen LogP contribution is 2.22. The Balaban J connectivity index is 3.28. The van der Waals surface area contributed by atoms with Crippen LogP contribution in [0.2, 0.25) is 0 Å². The van der Waals surface area contributed by atoms with Gasteiger partial charge in [-0.25, -0.2) is 0 Å². The summed E-state index contributed by atoms with van der Waals surface area (Å²) in [4.78, 5) is 22.9. The fourth-order valence-corrected chi connectivity index (χ4v) is 1.63. The highest BCUT2D eigenvalue weighted by Gasteiger charge is 2.12. The van der Waals surface area contributed by atoms with E-state index in [4.69, 9.17) is 5.11 Å². The third kappa shape index (κ3) is 3.24. The van der Waals surface area contributed by atoms with Gasteiger partial charge in [-0.1, -0.05) is 13.8 Å². The van der Waals surface area contributed by atoms with Gasteiger partial charge < -0.3 is 5.11 Å². The lowest BCUT2D eigenvalue weighted by Crippen LogP contribution is -2.08. The molecule has 0 amide bonds. The van der Waals surface area contributed by atoms with Crippen LogP contribution in [0.15, 0.2) is 18.2 Å². The molecule has 3 heteroatoms. The van der Waals surface area contributed by atoms with Crippen LogP contribution in [0.3, 0.4) is 0 Å². The van der Waals surface area contributed by atoms with E-state index in [1.54, 1.807) is 12.1 Å². The summed E-state index contributed by atoms with van der Waals surface area (Å²) in [5, 5.41) is 8.87. The van der Waals surface area contributed by atoms with Crippen molar-refractivity contribution < 1.29 is 14.7 Å². The van der Waals surface area contributed by atoms with Crippen LogP contribution >= 0.6 is 0 Å². The van der Waals surface area contributed by atoms with Crippen molar-refractivity contribution in [1.29, 1.82) is 0 Å². The van der Waals surface area contributed by atoms with E-state index in [1.165, 1.54) is 6.92 Å². The maximum absolute atomic E-state index is 11.5. The van der Waals surface area contributed by atoms with Crippen LogP contribution in [0.1, 0.15) is 59.4 Å². The summed E-state index contributed by atoms with van der Waals surface area (Å²) in [6, 6.07) is 5.14. The van der Waals surface area contributed by atoms with Gasteiger partial charge in [0.05, 0.1) is 0 Å². The minimum absolute atomic E-state index is 0.0675. The van der Waals surface area contributed by atoms with Crippen molar-refractivity contribution in [1.82, 2.24) is 0 Å². The van der Waals surface area contributed by atoms with E-state index in [1.807, 2.05) is 13.0 Å². The number of Topliss-reactive ketones (excluding diaryl/α,β-unsaturated/α-hetero) is 2. The number of ketones is 2. The van der Waals surface area contributed by atoms with Crippen molar-refractivity contribution in [3.8, 4) is 0 Å². The SMILES string of the molecule is CCC(C)c1cc(C(C)=O)cc(C(=O)CO)c1. The lowest BCUT2D eigenvalue weighted by atomic mass is 9.92. The Kier molecular flexibility index (Phi) is 4.58. The van der Waals surface area contributed by atoms with Crippen molar-refractivity contribution in [2.24, 2.45) is 0 Å². The van der Waals surface area contributed by atoms with Crippen LogP contribution < -0.4 is 0 Å². The first kappa shape index (κ1) is 13.6. The van der Waals surface area contributed by atoms with Crippen LogP contribution in [0.25, 0.3) is 0 Å². The molecular formula is C14H18O3. The van der Waals surface area contributed by atoms with Gasteiger partial charge in [0.25, 0.3) is 0 Å². The molecule has 0 spiro atoms. The van der Waals surface area contributed by atoms with Gasteiger partial charge in [0, 0.05) is 11.1 Å². The summed E-state index contributed by atoms with van der Waals surface area (Å²) >= 11 is 0. The van der Waals surface area contributed by atoms with Gasteiger partial charge in [-0.05, 0) is 43.0 Å². The van der Waals surface area contributed by atoms with Gasteiger partial charge in [-0.15, -0.1) is 0 Å². The molecule has 1 unspecified atom stereocenters. The van der Waals surface area contributed by atoms with Crippen molar-refractivity contribution in [3.63, 3.8) is 0 Å². The van der Waals surface area contributed by atoms with Crippen molar-refractivity contribution in [3.05, 3.63) is 34.9 Å². The third-order valence-electron chi connectivity index (χ3n) is 3.01. The molecule has 0 radical (unpaired) electrons. The Morgan fingerprint density at radius 2 is 1.82 bits per heavy atom. The molecule has 1 aromatic rings. The minimum Gasteiger partial charge on any atom is -0.388 e. The quantitative estimate of drug-likeness (QED) is 0.797. The molecule has 0 aliphatic carbocycles. The number of carbonyl (C=O) groups is 2. The number of carbonyl (C=O) groups excluding carboxylic acids is 2. The average Bonchev–Trinajstić information content (AvgIpc) is 2.36. The Morgan fingerprint density at radius 1 is 1.24 bits per heavy atom. The predicted octanol–water partition coefficient (Wildman–Crippen LogP) is 2.58. The Hall–Kier alpha value is -1.48. The maximum Gasteiger partial charge on any atom is 0.188 e. The molecule has 0 saturated carbocycles. The number of hydrogen-bond donors (Lipinski definition) is 1. The van der Waals surface area contributed by atoms with E-state index in [0.717, 1.165) is 12.0 Å². The molecule has 0 heterocycles. The zero-order valence-corrected chi connectivity index (χ0v) is 10.5. The van der Waals surface area contributed by atoms with E-state index in [2.05, 4.69) is 6.92 Å². The maximum atomic E-state index is 11.5. The first-order valence-electron chi connectivity index (χ1n) is 5.79. The topological polar surface area (TPSA) is 54.4 Å². The third-order valence-corrected chi connectivity index (χ3v) is 3.01. The first-order valence-corrected chi connectivity index (χ1v) is 5.79. The van der Waals surface area contributed by atoms with E-state index >= 15 is 0 Å². The highest BCUT2D eigenvalue weighted by molar-refractivity contribution is 6.01. The van der Waals surface area contributed by atoms with Crippen LogP contribution in [-0.4, -0.2) is 23.3 Å². The molecule has 1 N–H and O–H groups in total. The minimum atomic E-state index is -0.526. The lowest BCUT2D eigenvalue weighted by molar-refractivity contribution is 0.0903. The molecule has 0 aliphatic heterocycles. The van der Waals surface area contributed by atoms with Crippen molar-refractivity contribution in [2.75, 3.05) is 6.61 Å². The summed E-state index contributed by atoms with van der Waals surface area (Å²) in [5.41, 5.74) is 1.91. The van der Waals surface area contributed by atoms with Crippen molar-refractivity contribution in [2.45, 2.75) is 33.1 Å². The van der Waals surface area contributed by atoms with E-state index < -0.39 is 6.61 Å². The standard InChI is InChI=1S/C14H18O3/c1-4-9(2)11-5-12(10(3)16)7-13(6-11)14(17)8-15/h5-7,9,15H,4,8H2,1-3H3. The number of rotatable bonds is 5. The zero-order valence-electron chi connectivity index (χ0n) is 10.5. The van der Waals surface area contributed by atoms with Gasteiger partial charge in [0.1, 0.15) is 6.61 Å². The second-order valence-corrected chi connectivity index (χ2v) is 4.29. The molecule has 0 bridgehead atoms. The molecule has 0 aliphatic rings. The molecule has 0 saturated heterocycles. The van der Waals surface area contributed by atoms with E-state index in [-0.39, 0.29) is 11.6 Å². The average molecular weight is 234 g/mol. The van der Waals surface area contributed by atoms with Crippen LogP contribution in [-0.2, 0) is 0 Å². The molecule has 1 aromatic carbocycles. The highest BCUT2D eigenvalue weighted by atomic mass is 16.3. The molecule has 92 valence electrons. The molecular weight excluding hydrogens is 216 g/mol. The first-order chi connectivity index (χ1) is 7.99. The summed E-state index contributed by atoms with van der Waals surface area (Å²) in [5.74, 6) is -0.126. The number of hydrogen-bond acceptors (Lipinski definition) is 3. The van der Waals surface area contributed by atoms with Crippen molar-refractivity contribution >= 4 is 11.6 Å². The van der Waals surface area contributed by atoms with Gasteiger partial charge in [0.15, 0.2) is 11.6 Å². The number of aliphatic hydroxyl groups excluding tert-OH is 1. The Morgan fingerprint density at radius 3 is 2.29 bits per heavy atom. The second kappa shape index (κ2) is 5.73. The molecule has 3 nitrogen and oxygen atoms in total. The fraction of sp³-hybridized carbons (Fsp3) is 0.429. The summed E-state index contributed by atoms with van der Waals surface area (Å²) < 4.78 is 0. The monoisotopic (exact) mass is 234 g/mol. The molecule has 1 atom stereocenters. The Bertz CT molecular complexity index is 435. The largest absolute Gasteiger partial charge is 0.388 e. The number of aliphatic hydroxyl groups is 1. The number of benzene rings is 1. The summed E-state index contributed by atoms with van der Waals surface area (Å²) in [7, 11) is 0. The fourth-order valence-electron chi connectivity index (χ4n) is 1.63. The van der Waals surface area contributed by atoms with Crippen LogP contribution in [0, 0.1) is 0 Å². The molecule has 17 heavy (non-hydrogen) atoms. The Labute approximate surface area is 101 Å². The molecule has 0 fully saturated rings. The van der Waals surface area contributed by atoms with Gasteiger partial charge in [-0.2, -0.15) is 0 Å². The van der Waals surface area contributed by atoms with Gasteiger partial charge >= 0.3 is 0 Å². The zero-order chi connectivity index (χ0) is 13.0. The van der Waals surface area contributed by atoms with Crippen LogP contribution in [0.5, 0.6) is 0 Å². The smallest absolute Gasteiger partial charge is 0.188 e. The van der Waals surface area contributed by atoms with E-state index in [9.17, 15) is 9.59 Å². The second-order valence-electron chi connectivity index (χ2n) is 4.29. The molecule has 1 rings (SSSR count). The summed E-state index contributed by atoms with van der Waals surface area (Å²) in [6.07, 6.45) is 0.939. The lowest BCUT2D eigenvalue weighted by Gasteiger charge is -2.12. The van der Waals surface area contributed by atoms with E-state index in [0.29, 0.717) is 17.0 Å². The molecule has 0 aromatic heterocycles. The normalized spacial score (nSPS) is 12.2. The summed E-state index contributed by atoms with van der Waals surface area (Å²) in [6.45, 7) is 5.05. The van der Waals surface area contributed by atoms with Gasteiger partial charge in [0.2, 0.25) is 0 Å². The van der Waals surface area contributed by atoms with Crippen LogP contribution in [0.4, 0.5) is 0 Å². The predicted molar refractivity (Wildman–Crippen MR) is 66.6 cm³/mol. The van der Waals surface area contributed by atoms with Gasteiger partial charge in [-0.3, -0.25) is 9.59 Å².